The van der Waals surface area contributed by atoms with Crippen LogP contribution < -0.4 is 10.1 Å². The molecule has 0 unspecified atom stereocenters. The molecule has 2 aliphatic rings. The minimum atomic E-state index is -4.90. The number of alkyl halides is 3. The van der Waals surface area contributed by atoms with E-state index in [0.717, 1.165) is 69.1 Å². The molecule has 1 aliphatic heterocycles. The van der Waals surface area contributed by atoms with E-state index in [4.69, 9.17) is 0 Å². The van der Waals surface area contributed by atoms with Crippen LogP contribution in [0.3, 0.4) is 0 Å². The lowest BCUT2D eigenvalue weighted by Gasteiger charge is -2.34. The van der Waals surface area contributed by atoms with Crippen LogP contribution in [0, 0.1) is 17.7 Å². The summed E-state index contributed by atoms with van der Waals surface area (Å²) >= 11 is 0. The van der Waals surface area contributed by atoms with Gasteiger partial charge in [-0.2, -0.15) is 0 Å². The molecular formula is C30H33F4N3O3. The van der Waals surface area contributed by atoms with Crippen molar-refractivity contribution in [3.05, 3.63) is 66.0 Å². The molecule has 0 atom stereocenters. The first-order valence-corrected chi connectivity index (χ1v) is 13.9. The highest BCUT2D eigenvalue weighted by atomic mass is 19.4. The van der Waals surface area contributed by atoms with Gasteiger partial charge in [-0.05, 0) is 101 Å². The molecule has 2 heterocycles. The molecule has 1 N–H and O–H groups in total. The quantitative estimate of drug-likeness (QED) is 0.256. The number of rotatable bonds is 7. The van der Waals surface area contributed by atoms with Gasteiger partial charge in [0.05, 0.1) is 5.52 Å². The largest absolute Gasteiger partial charge is 0.574 e. The third-order valence-corrected chi connectivity index (χ3v) is 8.22. The monoisotopic (exact) mass is 559 g/mol. The molecule has 0 spiro atoms. The van der Waals surface area contributed by atoms with Gasteiger partial charge < -0.3 is 15.0 Å². The number of carbonyl (C=O) groups is 2. The van der Waals surface area contributed by atoms with Gasteiger partial charge in [0.25, 0.3) is 0 Å². The number of nitrogens with one attached hydrogen (secondary N) is 1. The van der Waals surface area contributed by atoms with Crippen LogP contribution in [-0.2, 0) is 0 Å². The van der Waals surface area contributed by atoms with Crippen molar-refractivity contribution in [2.45, 2.75) is 57.3 Å². The molecule has 2 aromatic carbocycles. The summed E-state index contributed by atoms with van der Waals surface area (Å²) in [6.45, 7) is 2.67. The number of likely N-dealkylation sites (tertiary alicyclic amines) is 1. The lowest BCUT2D eigenvalue weighted by molar-refractivity contribution is -0.276. The van der Waals surface area contributed by atoms with Gasteiger partial charge >= 0.3 is 12.4 Å². The number of benzene rings is 2. The van der Waals surface area contributed by atoms with Crippen LogP contribution in [-0.4, -0.2) is 53.3 Å². The third kappa shape index (κ3) is 6.83. The van der Waals surface area contributed by atoms with Crippen LogP contribution in [0.25, 0.3) is 10.9 Å². The van der Waals surface area contributed by atoms with Crippen molar-refractivity contribution >= 4 is 22.7 Å². The Labute approximate surface area is 230 Å². The van der Waals surface area contributed by atoms with Crippen molar-refractivity contribution in [3.8, 4) is 5.88 Å². The maximum Gasteiger partial charge on any atom is 0.574 e. The number of ketones is 1. The number of hydrogen-bond donors (Lipinski definition) is 1. The number of halogens is 4. The summed E-state index contributed by atoms with van der Waals surface area (Å²) in [5.74, 6) is -0.321. The number of aromatic nitrogens is 1. The Kier molecular flexibility index (Phi) is 8.44. The smallest absolute Gasteiger partial charge is 0.389 e. The Morgan fingerprint density at radius 1 is 0.925 bits per heavy atom. The fourth-order valence-electron chi connectivity index (χ4n) is 6.00. The van der Waals surface area contributed by atoms with Gasteiger partial charge in [0.2, 0.25) is 5.88 Å². The summed E-state index contributed by atoms with van der Waals surface area (Å²) in [5.41, 5.74) is 0.925. The summed E-state index contributed by atoms with van der Waals surface area (Å²) < 4.78 is 57.1. The van der Waals surface area contributed by atoms with Crippen molar-refractivity contribution in [1.82, 2.24) is 14.8 Å². The number of hydrogen-bond acceptors (Lipinski definition) is 4. The molecule has 3 aromatic rings. The van der Waals surface area contributed by atoms with E-state index >= 15 is 0 Å². The lowest BCUT2D eigenvalue weighted by atomic mass is 9.83. The SMILES string of the molecule is O=C(c1ccc(F)cc1)C1CCN(CCC2CCC(NC(=O)n3c(OC(F)(F)F)cc4ccccc43)CC2)CC1. The summed E-state index contributed by atoms with van der Waals surface area (Å²) in [6.07, 6.45) is 1.11. The third-order valence-electron chi connectivity index (χ3n) is 8.22. The Morgan fingerprint density at radius 2 is 1.60 bits per heavy atom. The van der Waals surface area contributed by atoms with E-state index in [1.165, 1.54) is 18.2 Å². The number of ether oxygens (including phenoxy) is 1. The molecule has 6 nitrogen and oxygen atoms in total. The minimum Gasteiger partial charge on any atom is -0.389 e. The summed E-state index contributed by atoms with van der Waals surface area (Å²) in [5, 5.41) is 3.40. The Bertz CT molecular complexity index is 1320. The summed E-state index contributed by atoms with van der Waals surface area (Å²) in [6, 6.07) is 12.8. The average Bonchev–Trinajstić information content (AvgIpc) is 3.29. The van der Waals surface area contributed by atoms with E-state index in [9.17, 15) is 27.2 Å². The number of carbonyl (C=O) groups excluding carboxylic acids is 2. The summed E-state index contributed by atoms with van der Waals surface area (Å²) in [4.78, 5) is 28.2. The van der Waals surface area contributed by atoms with Gasteiger partial charge in [-0.1, -0.05) is 18.2 Å². The number of amides is 1. The molecule has 10 heteroatoms. The maximum absolute atomic E-state index is 13.2. The first-order valence-electron chi connectivity index (χ1n) is 13.9. The van der Waals surface area contributed by atoms with E-state index in [1.54, 1.807) is 36.4 Å². The minimum absolute atomic E-state index is 0.0276. The van der Waals surface area contributed by atoms with Gasteiger partial charge in [-0.25, -0.2) is 13.8 Å². The maximum atomic E-state index is 13.2. The van der Waals surface area contributed by atoms with Gasteiger partial charge in [0, 0.05) is 29.0 Å². The normalized spacial score (nSPS) is 20.9. The van der Waals surface area contributed by atoms with Crippen LogP contribution in [0.1, 0.15) is 55.3 Å². The molecule has 40 heavy (non-hydrogen) atoms. The second-order valence-corrected chi connectivity index (χ2v) is 10.9. The van der Waals surface area contributed by atoms with E-state index in [0.29, 0.717) is 22.4 Å². The van der Waals surface area contributed by atoms with Crippen molar-refractivity contribution in [2.75, 3.05) is 19.6 Å². The van der Waals surface area contributed by atoms with Gasteiger partial charge in [0.1, 0.15) is 5.82 Å². The molecule has 214 valence electrons. The second-order valence-electron chi connectivity index (χ2n) is 10.9. The molecule has 0 bridgehead atoms. The first kappa shape index (κ1) is 28.1. The number of nitrogens with zero attached hydrogens (tertiary/aromatic N) is 2. The Morgan fingerprint density at radius 3 is 2.27 bits per heavy atom. The average molecular weight is 560 g/mol. The fourth-order valence-corrected chi connectivity index (χ4v) is 6.00. The summed E-state index contributed by atoms with van der Waals surface area (Å²) in [7, 11) is 0. The number of fused-ring (bicyclic) bond motifs is 1. The van der Waals surface area contributed by atoms with Crippen molar-refractivity contribution in [2.24, 2.45) is 11.8 Å². The molecule has 2 fully saturated rings. The molecule has 0 radical (unpaired) electrons. The molecular weight excluding hydrogens is 526 g/mol. The number of piperidine rings is 1. The van der Waals surface area contributed by atoms with Crippen molar-refractivity contribution < 1.29 is 31.9 Å². The van der Waals surface area contributed by atoms with E-state index in [-0.39, 0.29) is 23.6 Å². The fraction of sp³-hybridized carbons (Fsp3) is 0.467. The number of para-hydroxylation sites is 1. The lowest BCUT2D eigenvalue weighted by Crippen LogP contribution is -2.41. The molecule has 1 saturated carbocycles. The van der Waals surface area contributed by atoms with Crippen molar-refractivity contribution in [3.63, 3.8) is 0 Å². The van der Waals surface area contributed by atoms with Crippen LogP contribution >= 0.6 is 0 Å². The highest BCUT2D eigenvalue weighted by molar-refractivity contribution is 5.98. The van der Waals surface area contributed by atoms with Gasteiger partial charge in [-0.15, -0.1) is 13.2 Å². The zero-order chi connectivity index (χ0) is 28.3. The highest BCUT2D eigenvalue weighted by Crippen LogP contribution is 2.32. The van der Waals surface area contributed by atoms with Crippen LogP contribution in [0.2, 0.25) is 0 Å². The van der Waals surface area contributed by atoms with Gasteiger partial charge in [-0.3, -0.25) is 4.79 Å². The topological polar surface area (TPSA) is 63.6 Å². The predicted octanol–water partition coefficient (Wildman–Crippen LogP) is 6.78. The van der Waals surface area contributed by atoms with Gasteiger partial charge in [0.15, 0.2) is 5.78 Å². The van der Waals surface area contributed by atoms with E-state index < -0.39 is 18.3 Å². The molecule has 1 aliphatic carbocycles. The Hall–Kier alpha value is -3.40. The van der Waals surface area contributed by atoms with Crippen LogP contribution in [0.5, 0.6) is 5.88 Å². The molecule has 1 aromatic heterocycles. The first-order chi connectivity index (χ1) is 19.2. The highest BCUT2D eigenvalue weighted by Gasteiger charge is 2.34. The standard InChI is InChI=1S/C30H33F4N3O3/c31-24-9-7-21(8-10-24)28(38)22-14-17-36(18-15-22)16-13-20-5-11-25(12-6-20)35-29(39)37-26-4-2-1-3-23(26)19-27(37)40-30(32,33)34/h1-4,7-10,19-20,22,25H,5-6,11-18H2,(H,35,39). The van der Waals surface area contributed by atoms with E-state index in [1.807, 2.05) is 0 Å². The zero-order valence-corrected chi connectivity index (χ0v) is 22.1. The molecule has 1 saturated heterocycles. The van der Waals surface area contributed by atoms with Crippen molar-refractivity contribution in [1.29, 1.82) is 0 Å². The second kappa shape index (κ2) is 12.0. The molecule has 5 rings (SSSR count). The zero-order valence-electron chi connectivity index (χ0n) is 22.1. The predicted molar refractivity (Wildman–Crippen MR) is 143 cm³/mol. The van der Waals surface area contributed by atoms with E-state index in [2.05, 4.69) is 15.0 Å². The number of Topliss-reactive ketones (excluding diaryl/α,β-unsaturated/α-hetero) is 1. The van der Waals surface area contributed by atoms with Crippen LogP contribution in [0.4, 0.5) is 22.4 Å². The Balaban J connectivity index is 1.07. The van der Waals surface area contributed by atoms with Crippen LogP contribution in [0.15, 0.2) is 54.6 Å². The molecule has 1 amide bonds.